The summed E-state index contributed by atoms with van der Waals surface area (Å²) in [5.41, 5.74) is 0. The predicted molar refractivity (Wildman–Crippen MR) is 95.7 cm³/mol. The van der Waals surface area contributed by atoms with Crippen LogP contribution in [0.25, 0.3) is 0 Å². The van der Waals surface area contributed by atoms with E-state index >= 15 is 0 Å². The summed E-state index contributed by atoms with van der Waals surface area (Å²) < 4.78 is 5.19. The molecule has 2 rings (SSSR count). The van der Waals surface area contributed by atoms with Crippen LogP contribution in [-0.4, -0.2) is 53.4 Å². The Morgan fingerprint density at radius 2 is 2.12 bits per heavy atom. The quantitative estimate of drug-likeness (QED) is 0.282. The lowest BCUT2D eigenvalue weighted by Crippen LogP contribution is -2.32. The molecule has 1 aromatic rings. The number of rotatable bonds is 10. The molecular formula is C15H22N4O4S2. The Kier molecular flexibility index (Phi) is 7.63. The van der Waals surface area contributed by atoms with Gasteiger partial charge in [-0.05, 0) is 19.3 Å². The minimum atomic E-state index is -0.285. The van der Waals surface area contributed by atoms with Crippen LogP contribution < -0.4 is 10.2 Å². The number of esters is 1. The van der Waals surface area contributed by atoms with Gasteiger partial charge in [-0.25, -0.2) is 0 Å². The lowest BCUT2D eigenvalue weighted by molar-refractivity contribution is -0.140. The molecule has 2 amide bonds. The summed E-state index contributed by atoms with van der Waals surface area (Å²) in [4.78, 5) is 36.5. The lowest BCUT2D eigenvalue weighted by atomic mass is 10.3. The zero-order chi connectivity index (χ0) is 18.2. The second-order valence-corrected chi connectivity index (χ2v) is 7.70. The molecule has 138 valence electrons. The molecule has 1 fully saturated rings. The van der Waals surface area contributed by atoms with Crippen molar-refractivity contribution in [1.82, 2.24) is 15.5 Å². The smallest absolute Gasteiger partial charge is 0.305 e. The van der Waals surface area contributed by atoms with Crippen molar-refractivity contribution in [3.8, 4) is 0 Å². The fourth-order valence-corrected chi connectivity index (χ4v) is 3.83. The highest BCUT2D eigenvalue weighted by Gasteiger charge is 2.35. The second kappa shape index (κ2) is 9.71. The summed E-state index contributed by atoms with van der Waals surface area (Å²) in [6, 6.07) is 0.247. The van der Waals surface area contributed by atoms with E-state index in [0.717, 1.165) is 12.8 Å². The first kappa shape index (κ1) is 19.6. The van der Waals surface area contributed by atoms with Gasteiger partial charge in [0.15, 0.2) is 4.34 Å². The van der Waals surface area contributed by atoms with Crippen molar-refractivity contribution in [2.45, 2.75) is 49.4 Å². The number of hydrogen-bond acceptors (Lipinski definition) is 8. The highest BCUT2D eigenvalue weighted by atomic mass is 32.2. The molecule has 0 aromatic carbocycles. The number of hydrogen-bond donors (Lipinski definition) is 1. The monoisotopic (exact) mass is 386 g/mol. The number of carbonyl (C=O) groups is 3. The average Bonchev–Trinajstić information content (AvgIpc) is 3.34. The molecule has 1 aromatic heterocycles. The van der Waals surface area contributed by atoms with Crippen LogP contribution in [0, 0.1) is 0 Å². The van der Waals surface area contributed by atoms with Crippen LogP contribution in [0.2, 0.25) is 0 Å². The minimum Gasteiger partial charge on any atom is -0.469 e. The lowest BCUT2D eigenvalue weighted by Gasteiger charge is -2.17. The topological polar surface area (TPSA) is 101 Å². The normalized spacial score (nSPS) is 13.4. The molecule has 0 bridgehead atoms. The zero-order valence-corrected chi connectivity index (χ0v) is 16.0. The number of amides is 2. The van der Waals surface area contributed by atoms with Gasteiger partial charge in [0.05, 0.1) is 12.9 Å². The number of nitrogens with zero attached hydrogens (tertiary/aromatic N) is 3. The van der Waals surface area contributed by atoms with E-state index in [1.54, 1.807) is 4.90 Å². The molecule has 0 atom stereocenters. The Bertz CT molecular complexity index is 618. The third-order valence-corrected chi connectivity index (χ3v) is 5.58. The maximum absolute atomic E-state index is 12.0. The number of thioether (sulfide) groups is 1. The van der Waals surface area contributed by atoms with E-state index in [0.29, 0.717) is 28.9 Å². The van der Waals surface area contributed by atoms with Crippen LogP contribution >= 0.6 is 23.1 Å². The van der Waals surface area contributed by atoms with Gasteiger partial charge in [0.1, 0.15) is 0 Å². The number of anilines is 1. The maximum Gasteiger partial charge on any atom is 0.305 e. The van der Waals surface area contributed by atoms with E-state index in [9.17, 15) is 14.4 Å². The first-order chi connectivity index (χ1) is 12.0. The van der Waals surface area contributed by atoms with Gasteiger partial charge in [-0.2, -0.15) is 0 Å². The Morgan fingerprint density at radius 3 is 2.76 bits per heavy atom. The molecule has 0 aliphatic heterocycles. The molecule has 1 aliphatic carbocycles. The Morgan fingerprint density at radius 1 is 1.36 bits per heavy atom. The van der Waals surface area contributed by atoms with Crippen molar-refractivity contribution in [2.75, 3.05) is 24.3 Å². The van der Waals surface area contributed by atoms with Gasteiger partial charge in [0.2, 0.25) is 16.9 Å². The van der Waals surface area contributed by atoms with Crippen LogP contribution in [0.1, 0.15) is 39.0 Å². The van der Waals surface area contributed by atoms with Crippen LogP contribution in [-0.2, 0) is 19.1 Å². The molecule has 1 heterocycles. The molecular weight excluding hydrogens is 364 g/mol. The molecule has 0 spiro atoms. The Hall–Kier alpha value is -1.68. The van der Waals surface area contributed by atoms with E-state index in [1.807, 2.05) is 6.92 Å². The molecule has 1 N–H and O–H groups in total. The van der Waals surface area contributed by atoms with Crippen LogP contribution in [0.4, 0.5) is 5.13 Å². The number of nitrogens with one attached hydrogen (secondary N) is 1. The first-order valence-corrected chi connectivity index (χ1v) is 9.97. The van der Waals surface area contributed by atoms with Crippen LogP contribution in [0.5, 0.6) is 0 Å². The highest BCUT2D eigenvalue weighted by Crippen LogP contribution is 2.36. The van der Waals surface area contributed by atoms with Crippen molar-refractivity contribution >= 4 is 46.0 Å². The standard InChI is InChI=1S/C15H22N4O4S2/c1-3-12(21)19(10-6-7-10)14-17-18-15(25-14)24-9-11(20)16-8-4-5-13(22)23-2/h10H,3-9H2,1-2H3,(H,16,20). The SMILES string of the molecule is CCC(=O)N(c1nnc(SCC(=O)NCCCC(=O)OC)s1)C1CC1. The van der Waals surface area contributed by atoms with Gasteiger partial charge >= 0.3 is 5.97 Å². The van der Waals surface area contributed by atoms with Crippen molar-refractivity contribution < 1.29 is 19.1 Å². The third-order valence-electron chi connectivity index (χ3n) is 3.52. The van der Waals surface area contributed by atoms with E-state index in [4.69, 9.17) is 0 Å². The highest BCUT2D eigenvalue weighted by molar-refractivity contribution is 8.01. The fourth-order valence-electron chi connectivity index (χ4n) is 2.07. The van der Waals surface area contributed by atoms with Gasteiger partial charge in [-0.15, -0.1) is 10.2 Å². The van der Waals surface area contributed by atoms with E-state index in [2.05, 4.69) is 20.3 Å². The molecule has 0 radical (unpaired) electrons. The van der Waals surface area contributed by atoms with Crippen molar-refractivity contribution in [3.63, 3.8) is 0 Å². The second-order valence-electron chi connectivity index (χ2n) is 5.52. The van der Waals surface area contributed by atoms with Gasteiger partial charge in [-0.1, -0.05) is 30.0 Å². The summed E-state index contributed by atoms with van der Waals surface area (Å²) in [7, 11) is 1.34. The van der Waals surface area contributed by atoms with Gasteiger partial charge in [-0.3, -0.25) is 19.3 Å². The summed E-state index contributed by atoms with van der Waals surface area (Å²) in [6.07, 6.45) is 3.27. The Labute approximate surface area is 154 Å². The molecule has 10 heteroatoms. The van der Waals surface area contributed by atoms with Crippen molar-refractivity contribution in [3.05, 3.63) is 0 Å². The van der Waals surface area contributed by atoms with Gasteiger partial charge < -0.3 is 10.1 Å². The average molecular weight is 386 g/mol. The van der Waals surface area contributed by atoms with Crippen LogP contribution in [0.15, 0.2) is 4.34 Å². The summed E-state index contributed by atoms with van der Waals surface area (Å²) in [6.45, 7) is 2.26. The molecule has 0 unspecified atom stereocenters. The predicted octanol–water partition coefficient (Wildman–Crippen LogP) is 1.60. The van der Waals surface area contributed by atoms with E-state index < -0.39 is 0 Å². The van der Waals surface area contributed by atoms with Gasteiger partial charge in [0, 0.05) is 25.4 Å². The molecule has 1 aliphatic rings. The number of ether oxygens (including phenoxy) is 1. The Balaban J connectivity index is 1.74. The summed E-state index contributed by atoms with van der Waals surface area (Å²) in [5.74, 6) is -0.140. The number of carbonyl (C=O) groups excluding carboxylic acids is 3. The largest absolute Gasteiger partial charge is 0.469 e. The molecule has 1 saturated carbocycles. The van der Waals surface area contributed by atoms with Gasteiger partial charge in [0.25, 0.3) is 0 Å². The molecule has 8 nitrogen and oxygen atoms in total. The maximum atomic E-state index is 12.0. The zero-order valence-electron chi connectivity index (χ0n) is 14.3. The van der Waals surface area contributed by atoms with E-state index in [1.165, 1.54) is 30.2 Å². The number of aromatic nitrogens is 2. The van der Waals surface area contributed by atoms with Crippen LogP contribution in [0.3, 0.4) is 0 Å². The van der Waals surface area contributed by atoms with Crippen molar-refractivity contribution in [2.24, 2.45) is 0 Å². The summed E-state index contributed by atoms with van der Waals surface area (Å²) in [5, 5.41) is 11.5. The van der Waals surface area contributed by atoms with E-state index in [-0.39, 0.29) is 36.0 Å². The van der Waals surface area contributed by atoms with Crippen molar-refractivity contribution in [1.29, 1.82) is 0 Å². The first-order valence-electron chi connectivity index (χ1n) is 8.17. The third kappa shape index (κ3) is 6.28. The minimum absolute atomic E-state index is 0.0542. The molecule has 25 heavy (non-hydrogen) atoms. The molecule has 0 saturated heterocycles. The summed E-state index contributed by atoms with van der Waals surface area (Å²) >= 11 is 2.63. The number of methoxy groups -OCH3 is 1. The fraction of sp³-hybridized carbons (Fsp3) is 0.667.